The van der Waals surface area contributed by atoms with Crippen molar-refractivity contribution in [3.05, 3.63) is 34.4 Å². The predicted molar refractivity (Wildman–Crippen MR) is 50.5 cm³/mol. The molecule has 0 saturated heterocycles. The smallest absolute Gasteiger partial charge is 0.145 e. The van der Waals surface area contributed by atoms with Crippen LogP contribution in [0.25, 0.3) is 0 Å². The number of benzene rings is 1. The van der Waals surface area contributed by atoms with Crippen LogP contribution in [0.2, 0.25) is 5.02 Å². The first kappa shape index (κ1) is 11.1. The number of halogens is 3. The highest BCUT2D eigenvalue weighted by Crippen LogP contribution is 2.27. The Bertz CT molecular complexity index is 352. The van der Waals surface area contributed by atoms with Crippen LogP contribution < -0.4 is 0 Å². The molecule has 4 heteroatoms. The molecule has 0 bridgehead atoms. The Hall–Kier alpha value is -0.960. The molecule has 0 spiro atoms. The highest BCUT2D eigenvalue weighted by Gasteiger charge is 2.14. The van der Waals surface area contributed by atoms with Gasteiger partial charge in [0.2, 0.25) is 0 Å². The van der Waals surface area contributed by atoms with Crippen molar-refractivity contribution in [2.24, 2.45) is 0 Å². The van der Waals surface area contributed by atoms with E-state index in [0.29, 0.717) is 6.29 Å². The van der Waals surface area contributed by atoms with E-state index in [9.17, 15) is 13.6 Å². The summed E-state index contributed by atoms with van der Waals surface area (Å²) >= 11 is 5.46. The molecule has 1 nitrogen and oxygen atoms in total. The summed E-state index contributed by atoms with van der Waals surface area (Å²) in [4.78, 5) is 10.2. The molecule has 0 amide bonds. The fourth-order valence-electron chi connectivity index (χ4n) is 1.21. The van der Waals surface area contributed by atoms with Gasteiger partial charge in [-0.3, -0.25) is 0 Å². The lowest BCUT2D eigenvalue weighted by Gasteiger charge is -2.10. The number of rotatable bonds is 3. The monoisotopic (exact) mass is 218 g/mol. The lowest BCUT2D eigenvalue weighted by Crippen LogP contribution is -2.00. The Morgan fingerprint density at radius 2 is 2.14 bits per heavy atom. The third-order valence-corrected chi connectivity index (χ3v) is 2.28. The molecule has 0 aromatic heterocycles. The van der Waals surface area contributed by atoms with Gasteiger partial charge in [0.15, 0.2) is 0 Å². The van der Waals surface area contributed by atoms with Crippen LogP contribution in [0.5, 0.6) is 0 Å². The summed E-state index contributed by atoms with van der Waals surface area (Å²) in [7, 11) is 0. The Kier molecular flexibility index (Phi) is 3.58. The highest BCUT2D eigenvalue weighted by molar-refractivity contribution is 6.30. The molecule has 0 N–H and O–H groups in total. The minimum Gasteiger partial charge on any atom is -0.303 e. The van der Waals surface area contributed by atoms with Gasteiger partial charge in [0.1, 0.15) is 17.9 Å². The van der Waals surface area contributed by atoms with Crippen molar-refractivity contribution in [2.45, 2.75) is 19.3 Å². The van der Waals surface area contributed by atoms with Crippen LogP contribution in [0.4, 0.5) is 8.78 Å². The first-order valence-corrected chi connectivity index (χ1v) is 4.52. The Labute approximate surface area is 85.7 Å². The van der Waals surface area contributed by atoms with Crippen molar-refractivity contribution >= 4 is 17.9 Å². The lowest BCUT2D eigenvalue weighted by molar-refractivity contribution is -0.108. The van der Waals surface area contributed by atoms with E-state index in [2.05, 4.69) is 0 Å². The van der Waals surface area contributed by atoms with E-state index in [1.54, 1.807) is 6.92 Å². The molecule has 0 aliphatic heterocycles. The van der Waals surface area contributed by atoms with E-state index in [-0.39, 0.29) is 22.9 Å². The van der Waals surface area contributed by atoms with Crippen LogP contribution in [0, 0.1) is 11.6 Å². The molecule has 1 atom stereocenters. The first-order valence-electron chi connectivity index (χ1n) is 4.14. The molecule has 1 aromatic rings. The summed E-state index contributed by atoms with van der Waals surface area (Å²) in [6.07, 6.45) is 0.819. The van der Waals surface area contributed by atoms with Crippen molar-refractivity contribution in [2.75, 3.05) is 0 Å². The van der Waals surface area contributed by atoms with Crippen molar-refractivity contribution in [3.63, 3.8) is 0 Å². The van der Waals surface area contributed by atoms with Crippen LogP contribution >= 0.6 is 11.6 Å². The van der Waals surface area contributed by atoms with Gasteiger partial charge in [-0.1, -0.05) is 18.5 Å². The molecule has 0 fully saturated rings. The largest absolute Gasteiger partial charge is 0.303 e. The first-order chi connectivity index (χ1) is 6.56. The summed E-state index contributed by atoms with van der Waals surface area (Å²) in [5, 5.41) is -0.252. The van der Waals surface area contributed by atoms with Gasteiger partial charge in [-0.2, -0.15) is 0 Å². The zero-order valence-electron chi connectivity index (χ0n) is 7.56. The van der Waals surface area contributed by atoms with Crippen molar-refractivity contribution in [1.82, 2.24) is 0 Å². The van der Waals surface area contributed by atoms with E-state index in [4.69, 9.17) is 11.6 Å². The molecule has 1 unspecified atom stereocenters. The second kappa shape index (κ2) is 4.51. The van der Waals surface area contributed by atoms with Gasteiger partial charge in [0, 0.05) is 6.42 Å². The van der Waals surface area contributed by atoms with E-state index >= 15 is 0 Å². The van der Waals surface area contributed by atoms with Crippen LogP contribution in [-0.2, 0) is 4.79 Å². The summed E-state index contributed by atoms with van der Waals surface area (Å²) < 4.78 is 26.2. The number of aldehydes is 1. The van der Waals surface area contributed by atoms with Gasteiger partial charge in [-0.05, 0) is 23.6 Å². The number of carbonyl (C=O) groups excluding carboxylic acids is 1. The van der Waals surface area contributed by atoms with Crippen LogP contribution in [0.1, 0.15) is 24.8 Å². The van der Waals surface area contributed by atoms with Crippen LogP contribution in [0.15, 0.2) is 12.1 Å². The Morgan fingerprint density at radius 3 is 2.71 bits per heavy atom. The molecular weight excluding hydrogens is 210 g/mol. The molecule has 76 valence electrons. The molecule has 1 rings (SSSR count). The molecule has 14 heavy (non-hydrogen) atoms. The second-order valence-electron chi connectivity index (χ2n) is 3.09. The summed E-state index contributed by atoms with van der Waals surface area (Å²) in [6, 6.07) is 1.98. The molecule has 0 heterocycles. The number of carbonyl (C=O) groups is 1. The van der Waals surface area contributed by atoms with Crippen LogP contribution in [-0.4, -0.2) is 6.29 Å². The SMILES string of the molecule is CC(CC=O)c1cc(F)cc(Cl)c1F. The maximum Gasteiger partial charge on any atom is 0.145 e. The van der Waals surface area contributed by atoms with Crippen LogP contribution in [0.3, 0.4) is 0 Å². The zero-order chi connectivity index (χ0) is 10.7. The third-order valence-electron chi connectivity index (χ3n) is 2.00. The normalized spacial score (nSPS) is 12.6. The molecule has 0 radical (unpaired) electrons. The third kappa shape index (κ3) is 2.29. The number of hydrogen-bond donors (Lipinski definition) is 0. The zero-order valence-corrected chi connectivity index (χ0v) is 8.31. The van der Waals surface area contributed by atoms with E-state index in [0.717, 1.165) is 12.1 Å². The quantitative estimate of drug-likeness (QED) is 0.562. The van der Waals surface area contributed by atoms with E-state index in [1.807, 2.05) is 0 Å². The molecule has 0 aliphatic carbocycles. The van der Waals surface area contributed by atoms with Crippen molar-refractivity contribution in [3.8, 4) is 0 Å². The predicted octanol–water partition coefficient (Wildman–Crippen LogP) is 3.31. The van der Waals surface area contributed by atoms with Gasteiger partial charge in [0.25, 0.3) is 0 Å². The summed E-state index contributed by atoms with van der Waals surface area (Å²) in [6.45, 7) is 1.64. The fourth-order valence-corrected chi connectivity index (χ4v) is 1.42. The van der Waals surface area contributed by atoms with E-state index < -0.39 is 11.6 Å². The average Bonchev–Trinajstić information content (AvgIpc) is 2.11. The van der Waals surface area contributed by atoms with Gasteiger partial charge in [0.05, 0.1) is 5.02 Å². The van der Waals surface area contributed by atoms with Crippen molar-refractivity contribution < 1.29 is 13.6 Å². The summed E-state index contributed by atoms with van der Waals surface area (Å²) in [5.41, 5.74) is 0.141. The Balaban J connectivity index is 3.12. The topological polar surface area (TPSA) is 17.1 Å². The fraction of sp³-hybridized carbons (Fsp3) is 0.300. The maximum atomic E-state index is 13.3. The standard InChI is InChI=1S/C10H9ClF2O/c1-6(2-3-14)8-4-7(12)5-9(11)10(8)13/h3-6H,2H2,1H3. The molecule has 0 saturated carbocycles. The van der Waals surface area contributed by atoms with Gasteiger partial charge in [-0.25, -0.2) is 8.78 Å². The minimum atomic E-state index is -0.651. The van der Waals surface area contributed by atoms with Gasteiger partial charge in [-0.15, -0.1) is 0 Å². The highest BCUT2D eigenvalue weighted by atomic mass is 35.5. The number of hydrogen-bond acceptors (Lipinski definition) is 1. The lowest BCUT2D eigenvalue weighted by atomic mass is 9.98. The minimum absolute atomic E-state index is 0.141. The second-order valence-corrected chi connectivity index (χ2v) is 3.50. The molecule has 1 aromatic carbocycles. The molecule has 0 aliphatic rings. The Morgan fingerprint density at radius 1 is 1.50 bits per heavy atom. The maximum absolute atomic E-state index is 13.3. The van der Waals surface area contributed by atoms with Crippen molar-refractivity contribution in [1.29, 1.82) is 0 Å². The van der Waals surface area contributed by atoms with Gasteiger partial charge >= 0.3 is 0 Å². The van der Waals surface area contributed by atoms with Gasteiger partial charge < -0.3 is 4.79 Å². The molecular formula is C10H9ClF2O. The van der Waals surface area contributed by atoms with E-state index in [1.165, 1.54) is 0 Å². The average molecular weight is 219 g/mol. The summed E-state index contributed by atoms with van der Waals surface area (Å²) in [5.74, 6) is -1.60.